The number of fused-ring (bicyclic) bond motifs is 1. The molecule has 3 aromatic rings. The molecule has 0 saturated carbocycles. The van der Waals surface area contributed by atoms with Crippen molar-refractivity contribution < 1.29 is 18.4 Å². The Morgan fingerprint density at radius 2 is 2.26 bits per heavy atom. The highest BCUT2D eigenvalue weighted by atomic mass is 19.1. The van der Waals surface area contributed by atoms with Crippen LogP contribution >= 0.6 is 0 Å². The zero-order valence-corrected chi connectivity index (χ0v) is 15.0. The zero-order valence-electron chi connectivity index (χ0n) is 15.0. The Balaban J connectivity index is 1.62. The third kappa shape index (κ3) is 3.83. The second-order valence-electron chi connectivity index (χ2n) is 6.80. The highest BCUT2D eigenvalue weighted by Crippen LogP contribution is 2.21. The number of aryl methyl sites for hydroxylation is 1. The van der Waals surface area contributed by atoms with Gasteiger partial charge in [-0.05, 0) is 43.5 Å². The van der Waals surface area contributed by atoms with E-state index in [0.717, 1.165) is 18.4 Å². The van der Waals surface area contributed by atoms with Gasteiger partial charge in [0.15, 0.2) is 0 Å². The number of halogens is 1. The maximum absolute atomic E-state index is 13.6. The molecule has 1 fully saturated rings. The van der Waals surface area contributed by atoms with Gasteiger partial charge >= 0.3 is 0 Å². The minimum absolute atomic E-state index is 0.00322. The Kier molecular flexibility index (Phi) is 4.85. The molecule has 140 valence electrons. The van der Waals surface area contributed by atoms with Crippen LogP contribution in [0.3, 0.4) is 0 Å². The number of rotatable bonds is 5. The molecule has 1 saturated heterocycles. The van der Waals surface area contributed by atoms with Gasteiger partial charge in [0.2, 0.25) is 0 Å². The molecule has 6 nitrogen and oxygen atoms in total. The summed E-state index contributed by atoms with van der Waals surface area (Å²) in [4.78, 5) is 19.1. The molecule has 0 spiro atoms. The summed E-state index contributed by atoms with van der Waals surface area (Å²) in [6.07, 6.45) is 3.38. The number of carbonyl (C=O) groups excluding carboxylic acids is 1. The van der Waals surface area contributed by atoms with Crippen LogP contribution in [0.15, 0.2) is 41.1 Å². The number of hydrogen-bond acceptors (Lipinski definition) is 5. The monoisotopic (exact) mass is 369 g/mol. The Bertz CT molecular complexity index is 966. The van der Waals surface area contributed by atoms with Crippen molar-refractivity contribution in [1.82, 2.24) is 15.0 Å². The van der Waals surface area contributed by atoms with Crippen molar-refractivity contribution in [1.29, 1.82) is 0 Å². The van der Waals surface area contributed by atoms with Crippen LogP contribution in [0.1, 0.15) is 34.5 Å². The van der Waals surface area contributed by atoms with Gasteiger partial charge in [-0.15, -0.1) is 0 Å². The van der Waals surface area contributed by atoms with E-state index in [1.165, 1.54) is 18.3 Å². The molecule has 0 aliphatic carbocycles. The van der Waals surface area contributed by atoms with Crippen molar-refractivity contribution in [2.75, 3.05) is 13.2 Å². The highest BCUT2D eigenvalue weighted by molar-refractivity contribution is 5.97. The lowest BCUT2D eigenvalue weighted by Gasteiger charge is -2.25. The molecule has 0 N–H and O–H groups in total. The van der Waals surface area contributed by atoms with Crippen LogP contribution in [0.4, 0.5) is 4.39 Å². The Labute approximate surface area is 155 Å². The number of nitrogens with zero attached hydrogens (tertiary/aromatic N) is 3. The van der Waals surface area contributed by atoms with Gasteiger partial charge in [0.05, 0.1) is 22.7 Å². The molecule has 0 bridgehead atoms. The SMILES string of the molecule is Cc1noc2ncc(C(=O)N(Cc3cccc(F)c3)CC3CCCO3)cc12. The largest absolute Gasteiger partial charge is 0.376 e. The van der Waals surface area contributed by atoms with E-state index in [2.05, 4.69) is 10.1 Å². The lowest BCUT2D eigenvalue weighted by Crippen LogP contribution is -2.37. The first-order chi connectivity index (χ1) is 13.1. The molecule has 1 atom stereocenters. The number of hydrogen-bond donors (Lipinski definition) is 0. The molecule has 7 heteroatoms. The maximum Gasteiger partial charge on any atom is 0.257 e. The predicted octanol–water partition coefficient (Wildman–Crippen LogP) is 3.49. The van der Waals surface area contributed by atoms with E-state index in [0.29, 0.717) is 42.1 Å². The fourth-order valence-electron chi connectivity index (χ4n) is 3.35. The van der Waals surface area contributed by atoms with Gasteiger partial charge in [0.25, 0.3) is 11.6 Å². The third-order valence-electron chi connectivity index (χ3n) is 4.75. The lowest BCUT2D eigenvalue weighted by atomic mass is 10.1. The van der Waals surface area contributed by atoms with Crippen LogP contribution in [0.5, 0.6) is 0 Å². The molecule has 2 aromatic heterocycles. The lowest BCUT2D eigenvalue weighted by molar-refractivity contribution is 0.0507. The molecule has 1 amide bonds. The van der Waals surface area contributed by atoms with E-state index in [9.17, 15) is 9.18 Å². The highest BCUT2D eigenvalue weighted by Gasteiger charge is 2.24. The minimum atomic E-state index is -0.319. The fraction of sp³-hybridized carbons (Fsp3) is 0.350. The smallest absolute Gasteiger partial charge is 0.257 e. The van der Waals surface area contributed by atoms with Gasteiger partial charge in [-0.1, -0.05) is 17.3 Å². The summed E-state index contributed by atoms with van der Waals surface area (Å²) >= 11 is 0. The van der Waals surface area contributed by atoms with Crippen LogP contribution in [-0.2, 0) is 11.3 Å². The van der Waals surface area contributed by atoms with Crippen molar-refractivity contribution in [3.05, 3.63) is 59.2 Å². The first kappa shape index (κ1) is 17.6. The van der Waals surface area contributed by atoms with E-state index in [1.54, 1.807) is 24.0 Å². The molecule has 1 aromatic carbocycles. The van der Waals surface area contributed by atoms with E-state index >= 15 is 0 Å². The predicted molar refractivity (Wildman–Crippen MR) is 96.7 cm³/mol. The maximum atomic E-state index is 13.6. The van der Waals surface area contributed by atoms with E-state index in [4.69, 9.17) is 9.26 Å². The minimum Gasteiger partial charge on any atom is -0.376 e. The van der Waals surface area contributed by atoms with Crippen molar-refractivity contribution in [3.8, 4) is 0 Å². The molecule has 1 unspecified atom stereocenters. The Morgan fingerprint density at radius 1 is 1.37 bits per heavy atom. The number of amides is 1. The van der Waals surface area contributed by atoms with Crippen LogP contribution < -0.4 is 0 Å². The molecular weight excluding hydrogens is 349 g/mol. The quantitative estimate of drug-likeness (QED) is 0.689. The van der Waals surface area contributed by atoms with Crippen molar-refractivity contribution in [3.63, 3.8) is 0 Å². The zero-order chi connectivity index (χ0) is 18.8. The summed E-state index contributed by atoms with van der Waals surface area (Å²) in [7, 11) is 0. The van der Waals surface area contributed by atoms with Crippen LogP contribution in [0, 0.1) is 12.7 Å². The molecular formula is C20H20FN3O3. The van der Waals surface area contributed by atoms with Crippen LogP contribution in [0.2, 0.25) is 0 Å². The van der Waals surface area contributed by atoms with Crippen molar-refractivity contribution in [2.45, 2.75) is 32.4 Å². The van der Waals surface area contributed by atoms with Crippen LogP contribution in [0.25, 0.3) is 11.1 Å². The summed E-state index contributed by atoms with van der Waals surface area (Å²) < 4.78 is 24.4. The number of carbonyl (C=O) groups is 1. The standard InChI is InChI=1S/C20H20FN3O3/c1-13-18-9-15(10-22-19(18)27-23-13)20(25)24(12-17-6-3-7-26-17)11-14-4-2-5-16(21)8-14/h2,4-5,8-10,17H,3,6-7,11-12H2,1H3. The fourth-order valence-corrected chi connectivity index (χ4v) is 3.35. The van der Waals surface area contributed by atoms with Gasteiger partial charge in [0, 0.05) is 25.9 Å². The second-order valence-corrected chi connectivity index (χ2v) is 6.80. The Hall–Kier alpha value is -2.80. The van der Waals surface area contributed by atoms with Crippen LogP contribution in [-0.4, -0.2) is 40.2 Å². The molecule has 4 rings (SSSR count). The summed E-state index contributed by atoms with van der Waals surface area (Å²) in [6, 6.07) is 8.03. The number of aromatic nitrogens is 2. The second kappa shape index (κ2) is 7.44. The number of ether oxygens (including phenoxy) is 1. The molecule has 1 aliphatic rings. The summed E-state index contributed by atoms with van der Waals surface area (Å²) in [5.41, 5.74) is 2.27. The normalized spacial score (nSPS) is 16.7. The summed E-state index contributed by atoms with van der Waals surface area (Å²) in [6.45, 7) is 3.27. The molecule has 3 heterocycles. The summed E-state index contributed by atoms with van der Waals surface area (Å²) in [5, 5.41) is 4.59. The van der Waals surface area contributed by atoms with Gasteiger partial charge in [-0.2, -0.15) is 0 Å². The van der Waals surface area contributed by atoms with Gasteiger partial charge in [-0.25, -0.2) is 9.37 Å². The number of pyridine rings is 1. The van der Waals surface area contributed by atoms with Crippen molar-refractivity contribution in [2.24, 2.45) is 0 Å². The average molecular weight is 369 g/mol. The first-order valence-corrected chi connectivity index (χ1v) is 8.97. The third-order valence-corrected chi connectivity index (χ3v) is 4.75. The van der Waals surface area contributed by atoms with E-state index in [1.807, 2.05) is 6.07 Å². The van der Waals surface area contributed by atoms with Crippen molar-refractivity contribution >= 4 is 17.0 Å². The summed E-state index contributed by atoms with van der Waals surface area (Å²) in [5.74, 6) is -0.495. The van der Waals surface area contributed by atoms with E-state index in [-0.39, 0.29) is 17.8 Å². The first-order valence-electron chi connectivity index (χ1n) is 8.97. The molecule has 1 aliphatic heterocycles. The molecule has 0 radical (unpaired) electrons. The average Bonchev–Trinajstić information content (AvgIpc) is 3.30. The number of benzene rings is 1. The molecule has 27 heavy (non-hydrogen) atoms. The topological polar surface area (TPSA) is 68.5 Å². The van der Waals surface area contributed by atoms with Gasteiger partial charge in [-0.3, -0.25) is 4.79 Å². The van der Waals surface area contributed by atoms with Gasteiger partial charge in [0.1, 0.15) is 5.82 Å². The Morgan fingerprint density at radius 3 is 3.04 bits per heavy atom. The van der Waals surface area contributed by atoms with E-state index < -0.39 is 0 Å². The van der Waals surface area contributed by atoms with Gasteiger partial charge < -0.3 is 14.2 Å².